The van der Waals surface area contributed by atoms with Crippen LogP contribution in [0.25, 0.3) is 0 Å². The predicted octanol–water partition coefficient (Wildman–Crippen LogP) is 2.59. The average Bonchev–Trinajstić information content (AvgIpc) is 2.47. The number of hydrogen-bond acceptors (Lipinski definition) is 2. The van der Waals surface area contributed by atoms with E-state index in [9.17, 15) is 18.4 Å². The largest absolute Gasteiger partial charge is 0.478 e. The standard InChI is InChI=1S/C15H11F2NO3/c16-11-5-6-13(17)12(7-11)14(19)18-8-9-1-3-10(4-2-9)15(20)21/h1-7H,8H2,(H,18,19)(H,20,21). The highest BCUT2D eigenvalue weighted by Gasteiger charge is 2.12. The molecule has 2 rings (SSSR count). The highest BCUT2D eigenvalue weighted by molar-refractivity contribution is 5.94. The minimum Gasteiger partial charge on any atom is -0.478 e. The third-order valence-corrected chi connectivity index (χ3v) is 2.83. The molecule has 0 spiro atoms. The molecule has 6 heteroatoms. The lowest BCUT2D eigenvalue weighted by molar-refractivity contribution is 0.0696. The molecular weight excluding hydrogens is 280 g/mol. The molecular formula is C15H11F2NO3. The first-order chi connectivity index (χ1) is 9.97. The molecule has 0 aromatic heterocycles. The number of carboxylic acid groups (broad SMARTS) is 1. The molecule has 0 saturated carbocycles. The van der Waals surface area contributed by atoms with Crippen molar-refractivity contribution >= 4 is 11.9 Å². The Balaban J connectivity index is 2.04. The summed E-state index contributed by atoms with van der Waals surface area (Å²) < 4.78 is 26.4. The van der Waals surface area contributed by atoms with Gasteiger partial charge < -0.3 is 10.4 Å². The molecule has 2 N–H and O–H groups in total. The Hall–Kier alpha value is -2.76. The van der Waals surface area contributed by atoms with Crippen LogP contribution in [0.15, 0.2) is 42.5 Å². The number of rotatable bonds is 4. The molecule has 0 aliphatic carbocycles. The molecule has 0 heterocycles. The van der Waals surface area contributed by atoms with Gasteiger partial charge in [0.2, 0.25) is 0 Å². The molecule has 21 heavy (non-hydrogen) atoms. The van der Waals surface area contributed by atoms with Crippen molar-refractivity contribution in [1.29, 1.82) is 0 Å². The number of carbonyl (C=O) groups is 2. The van der Waals surface area contributed by atoms with Crippen LogP contribution in [-0.4, -0.2) is 17.0 Å². The first kappa shape index (κ1) is 14.6. The van der Waals surface area contributed by atoms with Gasteiger partial charge in [0, 0.05) is 6.54 Å². The van der Waals surface area contributed by atoms with E-state index in [0.29, 0.717) is 5.56 Å². The summed E-state index contributed by atoms with van der Waals surface area (Å²) in [6.07, 6.45) is 0. The van der Waals surface area contributed by atoms with Crippen LogP contribution in [0.3, 0.4) is 0 Å². The van der Waals surface area contributed by atoms with Crippen LogP contribution in [0.1, 0.15) is 26.3 Å². The van der Waals surface area contributed by atoms with E-state index in [4.69, 9.17) is 5.11 Å². The fourth-order valence-electron chi connectivity index (χ4n) is 1.71. The first-order valence-corrected chi connectivity index (χ1v) is 6.03. The van der Waals surface area contributed by atoms with Crippen molar-refractivity contribution in [3.8, 4) is 0 Å². The van der Waals surface area contributed by atoms with Gasteiger partial charge in [-0.3, -0.25) is 4.79 Å². The summed E-state index contributed by atoms with van der Waals surface area (Å²) in [6.45, 7) is 0.0781. The Labute approximate surface area is 119 Å². The number of nitrogens with one attached hydrogen (secondary N) is 1. The summed E-state index contributed by atoms with van der Waals surface area (Å²) in [4.78, 5) is 22.4. The van der Waals surface area contributed by atoms with Gasteiger partial charge in [-0.2, -0.15) is 0 Å². The van der Waals surface area contributed by atoms with Gasteiger partial charge in [-0.25, -0.2) is 13.6 Å². The molecule has 4 nitrogen and oxygen atoms in total. The summed E-state index contributed by atoms with van der Waals surface area (Å²) in [6, 6.07) is 8.48. The van der Waals surface area contributed by atoms with E-state index in [2.05, 4.69) is 5.32 Å². The summed E-state index contributed by atoms with van der Waals surface area (Å²) in [5.74, 6) is -3.30. The lowest BCUT2D eigenvalue weighted by Gasteiger charge is -2.07. The molecule has 0 aliphatic rings. The van der Waals surface area contributed by atoms with Crippen LogP contribution in [0, 0.1) is 11.6 Å². The number of hydrogen-bond donors (Lipinski definition) is 2. The van der Waals surface area contributed by atoms with Crippen molar-refractivity contribution in [1.82, 2.24) is 5.32 Å². The van der Waals surface area contributed by atoms with Crippen molar-refractivity contribution in [2.24, 2.45) is 0 Å². The maximum Gasteiger partial charge on any atom is 0.335 e. The van der Waals surface area contributed by atoms with Gasteiger partial charge in [-0.15, -0.1) is 0 Å². The average molecular weight is 291 g/mol. The number of benzene rings is 2. The summed E-state index contributed by atoms with van der Waals surface area (Å²) in [5.41, 5.74) is 0.392. The highest BCUT2D eigenvalue weighted by atomic mass is 19.1. The lowest BCUT2D eigenvalue weighted by Crippen LogP contribution is -2.24. The number of halogens is 2. The van der Waals surface area contributed by atoms with E-state index >= 15 is 0 Å². The monoisotopic (exact) mass is 291 g/mol. The third-order valence-electron chi connectivity index (χ3n) is 2.83. The van der Waals surface area contributed by atoms with Gasteiger partial charge >= 0.3 is 5.97 Å². The van der Waals surface area contributed by atoms with E-state index in [1.54, 1.807) is 0 Å². The van der Waals surface area contributed by atoms with Crippen molar-refractivity contribution < 1.29 is 23.5 Å². The third kappa shape index (κ3) is 3.62. The smallest absolute Gasteiger partial charge is 0.335 e. The van der Waals surface area contributed by atoms with Crippen LogP contribution in [0.5, 0.6) is 0 Å². The van der Waals surface area contributed by atoms with Crippen LogP contribution in [0.2, 0.25) is 0 Å². The topological polar surface area (TPSA) is 66.4 Å². The van der Waals surface area contributed by atoms with Crippen LogP contribution in [-0.2, 0) is 6.54 Å². The van der Waals surface area contributed by atoms with Crippen LogP contribution >= 0.6 is 0 Å². The van der Waals surface area contributed by atoms with Crippen LogP contribution < -0.4 is 5.32 Å². The van der Waals surface area contributed by atoms with Crippen LogP contribution in [0.4, 0.5) is 8.78 Å². The van der Waals surface area contributed by atoms with Crippen molar-refractivity contribution in [3.05, 3.63) is 70.8 Å². The maximum atomic E-state index is 13.4. The Morgan fingerprint density at radius 3 is 2.33 bits per heavy atom. The van der Waals surface area contributed by atoms with Crippen molar-refractivity contribution in [2.45, 2.75) is 6.54 Å². The minimum absolute atomic E-state index is 0.0781. The molecule has 1 amide bonds. The molecule has 0 aliphatic heterocycles. The zero-order valence-electron chi connectivity index (χ0n) is 10.8. The molecule has 0 atom stereocenters. The Kier molecular flexibility index (Phi) is 4.27. The Morgan fingerprint density at radius 2 is 1.71 bits per heavy atom. The fraction of sp³-hybridized carbons (Fsp3) is 0.0667. The fourth-order valence-corrected chi connectivity index (χ4v) is 1.71. The maximum absolute atomic E-state index is 13.4. The number of amides is 1. The Bertz CT molecular complexity index is 684. The molecule has 0 fully saturated rings. The number of aromatic carboxylic acids is 1. The molecule has 0 bridgehead atoms. The van der Waals surface area contributed by atoms with Gasteiger partial charge in [-0.1, -0.05) is 12.1 Å². The zero-order valence-corrected chi connectivity index (χ0v) is 10.8. The molecule has 2 aromatic carbocycles. The second kappa shape index (κ2) is 6.13. The van der Waals surface area contributed by atoms with E-state index < -0.39 is 23.5 Å². The van der Waals surface area contributed by atoms with E-state index in [1.165, 1.54) is 24.3 Å². The van der Waals surface area contributed by atoms with Gasteiger partial charge in [0.15, 0.2) is 0 Å². The van der Waals surface area contributed by atoms with Gasteiger partial charge in [0.05, 0.1) is 11.1 Å². The first-order valence-electron chi connectivity index (χ1n) is 6.03. The number of carbonyl (C=O) groups excluding carboxylic acids is 1. The van der Waals surface area contributed by atoms with E-state index in [-0.39, 0.29) is 17.7 Å². The second-order valence-electron chi connectivity index (χ2n) is 4.31. The van der Waals surface area contributed by atoms with Crippen molar-refractivity contribution in [3.63, 3.8) is 0 Å². The predicted molar refractivity (Wildman–Crippen MR) is 70.9 cm³/mol. The highest BCUT2D eigenvalue weighted by Crippen LogP contribution is 2.10. The minimum atomic E-state index is -1.05. The van der Waals surface area contributed by atoms with Gasteiger partial charge in [-0.05, 0) is 35.9 Å². The molecule has 108 valence electrons. The zero-order chi connectivity index (χ0) is 15.4. The second-order valence-corrected chi connectivity index (χ2v) is 4.31. The van der Waals surface area contributed by atoms with E-state index in [1.807, 2.05) is 0 Å². The van der Waals surface area contributed by atoms with Gasteiger partial charge in [0.1, 0.15) is 11.6 Å². The normalized spacial score (nSPS) is 10.2. The van der Waals surface area contributed by atoms with Crippen molar-refractivity contribution in [2.75, 3.05) is 0 Å². The summed E-state index contributed by atoms with van der Waals surface area (Å²) >= 11 is 0. The van der Waals surface area contributed by atoms with Gasteiger partial charge in [0.25, 0.3) is 5.91 Å². The summed E-state index contributed by atoms with van der Waals surface area (Å²) in [7, 11) is 0. The molecule has 0 saturated heterocycles. The number of carboxylic acids is 1. The molecule has 2 aromatic rings. The quantitative estimate of drug-likeness (QED) is 0.910. The molecule has 0 radical (unpaired) electrons. The SMILES string of the molecule is O=C(O)c1ccc(CNC(=O)c2cc(F)ccc2F)cc1. The summed E-state index contributed by atoms with van der Waals surface area (Å²) in [5, 5.41) is 11.2. The van der Waals surface area contributed by atoms with E-state index in [0.717, 1.165) is 18.2 Å². The Morgan fingerprint density at radius 1 is 1.05 bits per heavy atom. The molecule has 0 unspecified atom stereocenters. The lowest BCUT2D eigenvalue weighted by atomic mass is 10.1.